The summed E-state index contributed by atoms with van der Waals surface area (Å²) in [6.07, 6.45) is 0.0809. The van der Waals surface area contributed by atoms with Gasteiger partial charge in [0.2, 0.25) is 0 Å². The Morgan fingerprint density at radius 2 is 1.90 bits per heavy atom. The number of ether oxygens (including phenoxy) is 1. The fraction of sp³-hybridized carbons (Fsp3) is 0.235. The third-order valence-corrected chi connectivity index (χ3v) is 3.09. The van der Waals surface area contributed by atoms with Crippen molar-refractivity contribution in [1.82, 2.24) is 5.32 Å². The molecule has 1 N–H and O–H groups in total. The zero-order chi connectivity index (χ0) is 15.2. The lowest BCUT2D eigenvalue weighted by Crippen LogP contribution is -2.22. The molecule has 0 fully saturated rings. The minimum Gasteiger partial charge on any atom is -0.491 e. The molecule has 0 saturated heterocycles. The van der Waals surface area contributed by atoms with Crippen molar-refractivity contribution in [2.45, 2.75) is 26.5 Å². The van der Waals surface area contributed by atoms with Gasteiger partial charge < -0.3 is 10.1 Å². The van der Waals surface area contributed by atoms with Crippen LogP contribution in [0, 0.1) is 0 Å². The fourth-order valence-electron chi connectivity index (χ4n) is 1.87. The Morgan fingerprint density at radius 1 is 1.19 bits per heavy atom. The molecule has 0 aliphatic heterocycles. The number of halogens is 1. The second kappa shape index (κ2) is 7.14. The predicted molar refractivity (Wildman–Crippen MR) is 84.8 cm³/mol. The number of carbonyl (C=O) groups excluding carboxylic acids is 1. The van der Waals surface area contributed by atoms with Crippen LogP contribution in [-0.4, -0.2) is 12.0 Å². The molecule has 3 nitrogen and oxygen atoms in total. The molecule has 0 unspecified atom stereocenters. The van der Waals surface area contributed by atoms with Crippen molar-refractivity contribution in [2.24, 2.45) is 0 Å². The van der Waals surface area contributed by atoms with Crippen molar-refractivity contribution in [1.29, 1.82) is 0 Å². The Hall–Kier alpha value is -2.00. The quantitative estimate of drug-likeness (QED) is 0.904. The average Bonchev–Trinajstić information content (AvgIpc) is 2.46. The molecule has 110 valence electrons. The zero-order valence-corrected chi connectivity index (χ0v) is 12.9. The molecule has 4 heteroatoms. The molecule has 0 saturated carbocycles. The van der Waals surface area contributed by atoms with Gasteiger partial charge in [0.25, 0.3) is 5.91 Å². The highest BCUT2D eigenvalue weighted by atomic mass is 35.5. The topological polar surface area (TPSA) is 38.3 Å². The number of hydrogen-bond donors (Lipinski definition) is 1. The first-order chi connectivity index (χ1) is 10.0. The van der Waals surface area contributed by atoms with Gasteiger partial charge in [0.15, 0.2) is 0 Å². The Bertz CT molecular complexity index is 608. The standard InChI is InChI=1S/C17H18ClNO2/c1-12(2)21-16-5-3-4-14(10-16)17(20)19-11-13-6-8-15(18)9-7-13/h3-10,12H,11H2,1-2H3,(H,19,20). The molecule has 2 aromatic rings. The summed E-state index contributed by atoms with van der Waals surface area (Å²) >= 11 is 5.83. The largest absolute Gasteiger partial charge is 0.491 e. The molecule has 0 aliphatic carbocycles. The van der Waals surface area contributed by atoms with Gasteiger partial charge in [-0.05, 0) is 49.7 Å². The van der Waals surface area contributed by atoms with E-state index in [1.54, 1.807) is 24.3 Å². The number of rotatable bonds is 5. The summed E-state index contributed by atoms with van der Waals surface area (Å²) in [7, 11) is 0. The summed E-state index contributed by atoms with van der Waals surface area (Å²) in [4.78, 5) is 12.1. The zero-order valence-electron chi connectivity index (χ0n) is 12.1. The molecule has 0 spiro atoms. The van der Waals surface area contributed by atoms with Crippen molar-refractivity contribution in [3.05, 3.63) is 64.7 Å². The van der Waals surface area contributed by atoms with E-state index in [1.165, 1.54) is 0 Å². The van der Waals surface area contributed by atoms with Crippen molar-refractivity contribution in [3.8, 4) is 5.75 Å². The number of amides is 1. The molecule has 21 heavy (non-hydrogen) atoms. The highest BCUT2D eigenvalue weighted by Gasteiger charge is 2.07. The molecule has 2 aromatic carbocycles. The Balaban J connectivity index is 1.98. The summed E-state index contributed by atoms with van der Waals surface area (Å²) in [5.74, 6) is 0.572. The van der Waals surface area contributed by atoms with Gasteiger partial charge in [0.1, 0.15) is 5.75 Å². The van der Waals surface area contributed by atoms with E-state index in [4.69, 9.17) is 16.3 Å². The smallest absolute Gasteiger partial charge is 0.251 e. The number of nitrogens with one attached hydrogen (secondary N) is 1. The number of benzene rings is 2. The van der Waals surface area contributed by atoms with Gasteiger partial charge in [-0.2, -0.15) is 0 Å². The van der Waals surface area contributed by atoms with Gasteiger partial charge in [0.05, 0.1) is 6.10 Å². The van der Waals surface area contributed by atoms with Crippen LogP contribution in [0.5, 0.6) is 5.75 Å². The van der Waals surface area contributed by atoms with Crippen LogP contribution in [0.2, 0.25) is 5.02 Å². The van der Waals surface area contributed by atoms with Crippen molar-refractivity contribution < 1.29 is 9.53 Å². The minimum atomic E-state index is -0.126. The minimum absolute atomic E-state index is 0.0809. The lowest BCUT2D eigenvalue weighted by molar-refractivity contribution is 0.0950. The van der Waals surface area contributed by atoms with Crippen LogP contribution < -0.4 is 10.1 Å². The molecule has 0 bridgehead atoms. The van der Waals surface area contributed by atoms with E-state index >= 15 is 0 Å². The molecule has 0 atom stereocenters. The Labute approximate surface area is 129 Å². The van der Waals surface area contributed by atoms with Crippen molar-refractivity contribution >= 4 is 17.5 Å². The molecular weight excluding hydrogens is 286 g/mol. The van der Waals surface area contributed by atoms with Crippen LogP contribution in [0.4, 0.5) is 0 Å². The highest BCUT2D eigenvalue weighted by Crippen LogP contribution is 2.15. The number of hydrogen-bond acceptors (Lipinski definition) is 2. The summed E-state index contributed by atoms with van der Waals surface area (Å²) in [6.45, 7) is 4.37. The van der Waals surface area contributed by atoms with Crippen molar-refractivity contribution in [2.75, 3.05) is 0 Å². The molecule has 0 radical (unpaired) electrons. The van der Waals surface area contributed by atoms with E-state index in [-0.39, 0.29) is 12.0 Å². The van der Waals surface area contributed by atoms with Crippen LogP contribution in [0.3, 0.4) is 0 Å². The first-order valence-corrected chi connectivity index (χ1v) is 7.22. The van der Waals surface area contributed by atoms with Crippen LogP contribution >= 0.6 is 11.6 Å². The Kier molecular flexibility index (Phi) is 5.23. The van der Waals surface area contributed by atoms with Gasteiger partial charge in [-0.25, -0.2) is 0 Å². The summed E-state index contributed by atoms with van der Waals surface area (Å²) < 4.78 is 5.59. The van der Waals surface area contributed by atoms with Crippen LogP contribution in [0.1, 0.15) is 29.8 Å². The monoisotopic (exact) mass is 303 g/mol. The van der Waals surface area contributed by atoms with Gasteiger partial charge >= 0.3 is 0 Å². The maximum Gasteiger partial charge on any atom is 0.251 e. The fourth-order valence-corrected chi connectivity index (χ4v) is 2.00. The van der Waals surface area contributed by atoms with E-state index in [0.29, 0.717) is 22.9 Å². The van der Waals surface area contributed by atoms with Gasteiger partial charge in [-0.1, -0.05) is 29.8 Å². The molecule has 2 rings (SSSR count). The van der Waals surface area contributed by atoms with Gasteiger partial charge in [-0.15, -0.1) is 0 Å². The van der Waals surface area contributed by atoms with E-state index in [9.17, 15) is 4.79 Å². The van der Waals surface area contributed by atoms with Crippen molar-refractivity contribution in [3.63, 3.8) is 0 Å². The van der Waals surface area contributed by atoms with E-state index in [1.807, 2.05) is 38.1 Å². The summed E-state index contributed by atoms with van der Waals surface area (Å²) in [6, 6.07) is 14.6. The highest BCUT2D eigenvalue weighted by molar-refractivity contribution is 6.30. The number of carbonyl (C=O) groups is 1. The third-order valence-electron chi connectivity index (χ3n) is 2.83. The second-order valence-electron chi connectivity index (χ2n) is 5.00. The molecule has 0 aliphatic rings. The van der Waals surface area contributed by atoms with Crippen LogP contribution in [0.25, 0.3) is 0 Å². The van der Waals surface area contributed by atoms with E-state index < -0.39 is 0 Å². The predicted octanol–water partition coefficient (Wildman–Crippen LogP) is 4.06. The SMILES string of the molecule is CC(C)Oc1cccc(C(=O)NCc2ccc(Cl)cc2)c1. The molecule has 0 heterocycles. The molecule has 1 amide bonds. The summed E-state index contributed by atoms with van der Waals surface area (Å²) in [5.41, 5.74) is 1.59. The normalized spacial score (nSPS) is 10.5. The van der Waals surface area contributed by atoms with Gasteiger partial charge in [0, 0.05) is 17.1 Å². The maximum atomic E-state index is 12.1. The molecular formula is C17H18ClNO2. The van der Waals surface area contributed by atoms with Gasteiger partial charge in [-0.3, -0.25) is 4.79 Å². The average molecular weight is 304 g/mol. The van der Waals surface area contributed by atoms with E-state index in [0.717, 1.165) is 5.56 Å². The maximum absolute atomic E-state index is 12.1. The second-order valence-corrected chi connectivity index (χ2v) is 5.44. The van der Waals surface area contributed by atoms with E-state index in [2.05, 4.69) is 5.32 Å². The van der Waals surface area contributed by atoms with Crippen LogP contribution in [-0.2, 0) is 6.54 Å². The first kappa shape index (κ1) is 15.4. The molecule has 0 aromatic heterocycles. The Morgan fingerprint density at radius 3 is 2.57 bits per heavy atom. The summed E-state index contributed by atoms with van der Waals surface area (Å²) in [5, 5.41) is 3.56. The van der Waals surface area contributed by atoms with Crippen LogP contribution in [0.15, 0.2) is 48.5 Å². The first-order valence-electron chi connectivity index (χ1n) is 6.84. The lowest BCUT2D eigenvalue weighted by Gasteiger charge is -2.11. The third kappa shape index (κ3) is 4.80. The lowest BCUT2D eigenvalue weighted by atomic mass is 10.2.